The number of piperazine rings is 1. The molecule has 9 heteroatoms. The highest BCUT2D eigenvalue weighted by molar-refractivity contribution is 5.80. The SMILES string of the molecule is O=C(C1CCCN(c2ccc(-n3cncn3)nn2)C1)N1CCN(C/C=C/c2ccccc2)CC1. The molecule has 1 unspecified atom stereocenters. The lowest BCUT2D eigenvalue weighted by molar-refractivity contribution is -0.137. The second-order valence-electron chi connectivity index (χ2n) is 8.81. The normalized spacial score (nSPS) is 19.6. The Morgan fingerprint density at radius 2 is 1.76 bits per heavy atom. The Kier molecular flexibility index (Phi) is 6.90. The van der Waals surface area contributed by atoms with Crippen molar-refractivity contribution in [2.24, 2.45) is 5.92 Å². The fraction of sp³-hybridized carbons (Fsp3) is 0.400. The molecule has 2 aromatic heterocycles. The van der Waals surface area contributed by atoms with Gasteiger partial charge in [-0.15, -0.1) is 10.2 Å². The van der Waals surface area contributed by atoms with E-state index >= 15 is 0 Å². The quantitative estimate of drug-likeness (QED) is 0.560. The molecule has 1 amide bonds. The smallest absolute Gasteiger partial charge is 0.227 e. The third-order valence-corrected chi connectivity index (χ3v) is 6.54. The Morgan fingerprint density at radius 1 is 0.971 bits per heavy atom. The lowest BCUT2D eigenvalue weighted by atomic mass is 9.96. The Morgan fingerprint density at radius 3 is 2.50 bits per heavy atom. The summed E-state index contributed by atoms with van der Waals surface area (Å²) in [7, 11) is 0. The van der Waals surface area contributed by atoms with E-state index in [0.29, 0.717) is 12.4 Å². The number of aromatic nitrogens is 5. The van der Waals surface area contributed by atoms with Gasteiger partial charge in [-0.25, -0.2) is 9.67 Å². The van der Waals surface area contributed by atoms with E-state index in [1.807, 2.05) is 23.1 Å². The van der Waals surface area contributed by atoms with E-state index in [-0.39, 0.29) is 11.8 Å². The maximum Gasteiger partial charge on any atom is 0.227 e. The van der Waals surface area contributed by atoms with Crippen molar-refractivity contribution in [3.05, 3.63) is 66.8 Å². The predicted octanol–water partition coefficient (Wildman–Crippen LogP) is 2.13. The van der Waals surface area contributed by atoms with Crippen molar-refractivity contribution < 1.29 is 4.79 Å². The second kappa shape index (κ2) is 10.6. The molecule has 0 aliphatic carbocycles. The number of rotatable bonds is 6. The van der Waals surface area contributed by atoms with Gasteiger partial charge in [-0.05, 0) is 30.5 Å². The first-order chi connectivity index (χ1) is 16.8. The molecule has 3 aromatic rings. The third kappa shape index (κ3) is 5.31. The summed E-state index contributed by atoms with van der Waals surface area (Å²) in [5, 5.41) is 12.7. The van der Waals surface area contributed by atoms with Gasteiger partial charge in [-0.1, -0.05) is 42.5 Å². The molecule has 0 spiro atoms. The van der Waals surface area contributed by atoms with Crippen LogP contribution in [0.15, 0.2) is 61.2 Å². The topological polar surface area (TPSA) is 83.3 Å². The van der Waals surface area contributed by atoms with E-state index in [4.69, 9.17) is 0 Å². The van der Waals surface area contributed by atoms with Gasteiger partial charge < -0.3 is 9.80 Å². The first-order valence-corrected chi connectivity index (χ1v) is 11.9. The number of carbonyl (C=O) groups is 1. The van der Waals surface area contributed by atoms with E-state index in [1.165, 1.54) is 11.9 Å². The number of hydrogen-bond acceptors (Lipinski definition) is 7. The van der Waals surface area contributed by atoms with Gasteiger partial charge in [0.2, 0.25) is 5.91 Å². The minimum Gasteiger partial charge on any atom is -0.354 e. The number of amides is 1. The van der Waals surface area contributed by atoms with E-state index in [9.17, 15) is 4.79 Å². The number of piperidine rings is 1. The Bertz CT molecular complexity index is 1080. The van der Waals surface area contributed by atoms with Gasteiger partial charge in [0.15, 0.2) is 11.6 Å². The van der Waals surface area contributed by atoms with Crippen LogP contribution >= 0.6 is 0 Å². The summed E-state index contributed by atoms with van der Waals surface area (Å²) in [6.07, 6.45) is 9.35. The van der Waals surface area contributed by atoms with Crippen molar-refractivity contribution in [2.45, 2.75) is 12.8 Å². The average Bonchev–Trinajstić information content (AvgIpc) is 3.45. The molecule has 4 heterocycles. The summed E-state index contributed by atoms with van der Waals surface area (Å²) in [5.74, 6) is 1.71. The molecular weight excluding hydrogens is 428 g/mol. The number of benzene rings is 1. The van der Waals surface area contributed by atoms with Gasteiger partial charge in [0.05, 0.1) is 5.92 Å². The third-order valence-electron chi connectivity index (χ3n) is 6.54. The molecule has 176 valence electrons. The van der Waals surface area contributed by atoms with E-state index in [2.05, 4.69) is 66.5 Å². The standard InChI is InChI=1S/C25H30N8O/c34-25(31-16-14-30(15-17-31)12-4-8-21-6-2-1-3-7-21)22-9-5-13-32(18-22)23-10-11-24(29-28-23)33-20-26-19-27-33/h1-4,6-8,10-11,19-20,22H,5,9,12-18H2/b8-4+. The van der Waals surface area contributed by atoms with Crippen molar-refractivity contribution in [1.82, 2.24) is 34.8 Å². The summed E-state index contributed by atoms with van der Waals surface area (Å²) in [6, 6.07) is 14.2. The molecule has 2 aliphatic rings. The minimum absolute atomic E-state index is 0.00932. The fourth-order valence-electron chi connectivity index (χ4n) is 4.63. The van der Waals surface area contributed by atoms with Crippen molar-refractivity contribution in [3.8, 4) is 5.82 Å². The molecule has 2 aliphatic heterocycles. The van der Waals surface area contributed by atoms with Crippen LogP contribution < -0.4 is 4.90 Å². The lowest BCUT2D eigenvalue weighted by Crippen LogP contribution is -2.52. The number of anilines is 1. The van der Waals surface area contributed by atoms with Crippen molar-refractivity contribution in [1.29, 1.82) is 0 Å². The predicted molar refractivity (Wildman–Crippen MR) is 130 cm³/mol. The average molecular weight is 459 g/mol. The maximum atomic E-state index is 13.3. The van der Waals surface area contributed by atoms with E-state index in [0.717, 1.165) is 57.9 Å². The van der Waals surface area contributed by atoms with Gasteiger partial charge in [-0.3, -0.25) is 9.69 Å². The molecule has 2 fully saturated rings. The molecule has 0 radical (unpaired) electrons. The highest BCUT2D eigenvalue weighted by atomic mass is 16.2. The maximum absolute atomic E-state index is 13.3. The fourth-order valence-corrected chi connectivity index (χ4v) is 4.63. The first kappa shape index (κ1) is 22.2. The van der Waals surface area contributed by atoms with Gasteiger partial charge in [0.25, 0.3) is 0 Å². The molecule has 34 heavy (non-hydrogen) atoms. The van der Waals surface area contributed by atoms with Crippen molar-refractivity contribution in [2.75, 3.05) is 50.7 Å². The molecule has 0 bridgehead atoms. The summed E-state index contributed by atoms with van der Waals surface area (Å²) in [5.41, 5.74) is 1.22. The summed E-state index contributed by atoms with van der Waals surface area (Å²) in [6.45, 7) is 5.91. The second-order valence-corrected chi connectivity index (χ2v) is 8.81. The zero-order valence-electron chi connectivity index (χ0n) is 19.3. The van der Waals surface area contributed by atoms with Crippen LogP contribution in [-0.4, -0.2) is 86.5 Å². The largest absolute Gasteiger partial charge is 0.354 e. The summed E-state index contributed by atoms with van der Waals surface area (Å²) >= 11 is 0. The number of hydrogen-bond donors (Lipinski definition) is 0. The monoisotopic (exact) mass is 458 g/mol. The molecule has 0 N–H and O–H groups in total. The van der Waals surface area contributed by atoms with Crippen LogP contribution in [0, 0.1) is 5.92 Å². The van der Waals surface area contributed by atoms with E-state index < -0.39 is 0 Å². The Balaban J connectivity index is 1.11. The molecule has 0 saturated carbocycles. The zero-order chi connectivity index (χ0) is 23.2. The number of nitrogens with zero attached hydrogens (tertiary/aromatic N) is 8. The number of carbonyl (C=O) groups excluding carboxylic acids is 1. The van der Waals surface area contributed by atoms with Crippen LogP contribution in [0.3, 0.4) is 0 Å². The molecule has 1 atom stereocenters. The van der Waals surface area contributed by atoms with Crippen molar-refractivity contribution in [3.63, 3.8) is 0 Å². The van der Waals surface area contributed by atoms with Crippen LogP contribution in [-0.2, 0) is 4.79 Å². The zero-order valence-corrected chi connectivity index (χ0v) is 19.3. The van der Waals surface area contributed by atoms with Gasteiger partial charge >= 0.3 is 0 Å². The minimum atomic E-state index is 0.00932. The van der Waals surface area contributed by atoms with Crippen LogP contribution in [0.5, 0.6) is 0 Å². The summed E-state index contributed by atoms with van der Waals surface area (Å²) < 4.78 is 1.58. The van der Waals surface area contributed by atoms with Gasteiger partial charge in [-0.2, -0.15) is 5.10 Å². The molecule has 5 rings (SSSR count). The van der Waals surface area contributed by atoms with Crippen LogP contribution in [0.4, 0.5) is 5.82 Å². The molecule has 9 nitrogen and oxygen atoms in total. The first-order valence-electron chi connectivity index (χ1n) is 11.9. The van der Waals surface area contributed by atoms with Crippen LogP contribution in [0.25, 0.3) is 11.9 Å². The highest BCUT2D eigenvalue weighted by Gasteiger charge is 2.31. The molecule has 1 aromatic carbocycles. The Labute approximate surface area is 199 Å². The van der Waals surface area contributed by atoms with Crippen LogP contribution in [0.1, 0.15) is 18.4 Å². The van der Waals surface area contributed by atoms with Gasteiger partial charge in [0, 0.05) is 45.8 Å². The van der Waals surface area contributed by atoms with Crippen molar-refractivity contribution >= 4 is 17.8 Å². The van der Waals surface area contributed by atoms with E-state index in [1.54, 1.807) is 11.0 Å². The lowest BCUT2D eigenvalue weighted by Gasteiger charge is -2.39. The summed E-state index contributed by atoms with van der Waals surface area (Å²) in [4.78, 5) is 23.8. The highest BCUT2D eigenvalue weighted by Crippen LogP contribution is 2.23. The van der Waals surface area contributed by atoms with Crippen LogP contribution in [0.2, 0.25) is 0 Å². The van der Waals surface area contributed by atoms with Gasteiger partial charge in [0.1, 0.15) is 12.7 Å². The molecular formula is C25H30N8O. The Hall–Kier alpha value is -3.59. The molecule has 2 saturated heterocycles.